The van der Waals surface area contributed by atoms with Gasteiger partial charge in [-0.15, -0.1) is 5.10 Å². The Labute approximate surface area is 143 Å². The zero-order chi connectivity index (χ0) is 17.6. The summed E-state index contributed by atoms with van der Waals surface area (Å²) in [4.78, 5) is 24.0. The van der Waals surface area contributed by atoms with Crippen LogP contribution in [-0.2, 0) is 11.2 Å². The van der Waals surface area contributed by atoms with Crippen LogP contribution in [0.4, 0.5) is 0 Å². The van der Waals surface area contributed by atoms with E-state index in [1.54, 1.807) is 24.3 Å². The molecule has 2 amide bonds. The van der Waals surface area contributed by atoms with Gasteiger partial charge in [0.15, 0.2) is 0 Å². The zero-order valence-electron chi connectivity index (χ0n) is 13.5. The Balaban J connectivity index is 1.53. The first-order chi connectivity index (χ1) is 12.1. The summed E-state index contributed by atoms with van der Waals surface area (Å²) in [6.45, 7) is 1.98. The largest absolute Gasteiger partial charge is 0.273 e. The van der Waals surface area contributed by atoms with Crippen LogP contribution >= 0.6 is 0 Å². The second kappa shape index (κ2) is 7.35. The Morgan fingerprint density at radius 1 is 1.00 bits per heavy atom. The predicted octanol–water partition coefficient (Wildman–Crippen LogP) is 0.974. The van der Waals surface area contributed by atoms with Crippen LogP contribution in [-0.4, -0.2) is 32.0 Å². The highest BCUT2D eigenvalue weighted by atomic mass is 16.2. The quantitative estimate of drug-likeness (QED) is 0.691. The first-order valence-corrected chi connectivity index (χ1v) is 7.60. The summed E-state index contributed by atoms with van der Waals surface area (Å²) in [5, 5.41) is 10.9. The molecular formula is C17H16N6O2. The second-order valence-corrected chi connectivity index (χ2v) is 5.47. The minimum atomic E-state index is -0.402. The number of benzene rings is 2. The van der Waals surface area contributed by atoms with Crippen molar-refractivity contribution in [2.45, 2.75) is 13.3 Å². The molecule has 2 N–H and O–H groups in total. The van der Waals surface area contributed by atoms with Gasteiger partial charge >= 0.3 is 0 Å². The summed E-state index contributed by atoms with van der Waals surface area (Å²) in [7, 11) is 0. The van der Waals surface area contributed by atoms with Crippen LogP contribution in [0, 0.1) is 6.92 Å². The molecule has 0 spiro atoms. The van der Waals surface area contributed by atoms with Crippen molar-refractivity contribution in [1.82, 2.24) is 31.1 Å². The molecule has 0 bridgehead atoms. The number of nitrogens with one attached hydrogen (secondary N) is 2. The van der Waals surface area contributed by atoms with Gasteiger partial charge < -0.3 is 0 Å². The van der Waals surface area contributed by atoms with E-state index in [9.17, 15) is 9.59 Å². The van der Waals surface area contributed by atoms with E-state index in [2.05, 4.69) is 26.4 Å². The predicted molar refractivity (Wildman–Crippen MR) is 89.6 cm³/mol. The van der Waals surface area contributed by atoms with E-state index in [4.69, 9.17) is 0 Å². The normalized spacial score (nSPS) is 10.3. The van der Waals surface area contributed by atoms with Crippen LogP contribution in [0.5, 0.6) is 0 Å². The van der Waals surface area contributed by atoms with Gasteiger partial charge in [-0.1, -0.05) is 29.8 Å². The molecule has 0 aliphatic heterocycles. The standard InChI is InChI=1S/C17H16N6O2/c1-12-2-4-13(5-3-12)10-16(24)19-20-17(25)14-6-8-15(9-7-14)23-11-18-21-22-23/h2-9,11H,10H2,1H3,(H,19,24)(H,20,25). The lowest BCUT2D eigenvalue weighted by Gasteiger charge is -2.08. The zero-order valence-corrected chi connectivity index (χ0v) is 13.5. The number of amides is 2. The Morgan fingerprint density at radius 2 is 1.72 bits per heavy atom. The number of tetrazole rings is 1. The van der Waals surface area contributed by atoms with Crippen molar-refractivity contribution in [1.29, 1.82) is 0 Å². The van der Waals surface area contributed by atoms with Gasteiger partial charge in [-0.2, -0.15) is 0 Å². The highest BCUT2D eigenvalue weighted by Gasteiger charge is 2.08. The summed E-state index contributed by atoms with van der Waals surface area (Å²) in [6.07, 6.45) is 1.65. The minimum absolute atomic E-state index is 0.193. The third kappa shape index (κ3) is 4.25. The van der Waals surface area contributed by atoms with Crippen LogP contribution < -0.4 is 10.9 Å². The van der Waals surface area contributed by atoms with Gasteiger partial charge in [-0.25, -0.2) is 4.68 Å². The van der Waals surface area contributed by atoms with Crippen LogP contribution in [0.3, 0.4) is 0 Å². The number of hydrazine groups is 1. The van der Waals surface area contributed by atoms with Crippen molar-refractivity contribution in [2.75, 3.05) is 0 Å². The molecule has 2 aromatic carbocycles. The monoisotopic (exact) mass is 336 g/mol. The Bertz CT molecular complexity index is 857. The molecule has 0 unspecified atom stereocenters. The number of nitrogens with zero attached hydrogens (tertiary/aromatic N) is 4. The molecule has 0 radical (unpaired) electrons. The third-order valence-corrected chi connectivity index (χ3v) is 3.54. The maximum atomic E-state index is 12.1. The first kappa shape index (κ1) is 16.3. The lowest BCUT2D eigenvalue weighted by molar-refractivity contribution is -0.121. The fourth-order valence-electron chi connectivity index (χ4n) is 2.18. The average Bonchev–Trinajstić information content (AvgIpc) is 3.16. The molecule has 3 aromatic rings. The fourth-order valence-corrected chi connectivity index (χ4v) is 2.18. The highest BCUT2D eigenvalue weighted by molar-refractivity contribution is 5.95. The fraction of sp³-hybridized carbons (Fsp3) is 0.118. The van der Waals surface area contributed by atoms with Gasteiger partial charge in [-0.3, -0.25) is 20.4 Å². The van der Waals surface area contributed by atoms with Crippen molar-refractivity contribution in [3.63, 3.8) is 0 Å². The summed E-state index contributed by atoms with van der Waals surface area (Å²) in [5.41, 5.74) is 7.95. The summed E-state index contributed by atoms with van der Waals surface area (Å²) >= 11 is 0. The van der Waals surface area contributed by atoms with E-state index in [0.29, 0.717) is 5.56 Å². The molecular weight excluding hydrogens is 320 g/mol. The summed E-state index contributed by atoms with van der Waals surface area (Å²) in [5.74, 6) is -0.692. The maximum absolute atomic E-state index is 12.1. The molecule has 8 heteroatoms. The topological polar surface area (TPSA) is 102 Å². The molecule has 126 valence electrons. The van der Waals surface area contributed by atoms with Crippen molar-refractivity contribution in [2.24, 2.45) is 0 Å². The van der Waals surface area contributed by atoms with Crippen molar-refractivity contribution < 1.29 is 9.59 Å². The van der Waals surface area contributed by atoms with Crippen molar-refractivity contribution in [3.8, 4) is 5.69 Å². The van der Waals surface area contributed by atoms with Gasteiger partial charge in [0.25, 0.3) is 5.91 Å². The van der Waals surface area contributed by atoms with Gasteiger partial charge in [-0.05, 0) is 47.2 Å². The number of aryl methyl sites for hydroxylation is 1. The van der Waals surface area contributed by atoms with Crippen LogP contribution in [0.2, 0.25) is 0 Å². The Hall–Kier alpha value is -3.55. The van der Waals surface area contributed by atoms with Crippen LogP contribution in [0.25, 0.3) is 5.69 Å². The maximum Gasteiger partial charge on any atom is 0.269 e. The lowest BCUT2D eigenvalue weighted by Crippen LogP contribution is -2.42. The van der Waals surface area contributed by atoms with Crippen LogP contribution in [0.1, 0.15) is 21.5 Å². The van der Waals surface area contributed by atoms with Gasteiger partial charge in [0.2, 0.25) is 5.91 Å². The number of carbonyl (C=O) groups is 2. The van der Waals surface area contributed by atoms with Gasteiger partial charge in [0.1, 0.15) is 6.33 Å². The SMILES string of the molecule is Cc1ccc(CC(=O)NNC(=O)c2ccc(-n3cnnn3)cc2)cc1. The van der Waals surface area contributed by atoms with E-state index in [1.807, 2.05) is 31.2 Å². The molecule has 1 heterocycles. The van der Waals surface area contributed by atoms with E-state index >= 15 is 0 Å². The Kier molecular flexibility index (Phi) is 4.79. The van der Waals surface area contributed by atoms with Crippen molar-refractivity contribution in [3.05, 3.63) is 71.5 Å². The van der Waals surface area contributed by atoms with Gasteiger partial charge in [0, 0.05) is 5.56 Å². The molecule has 1 aromatic heterocycles. The molecule has 25 heavy (non-hydrogen) atoms. The van der Waals surface area contributed by atoms with E-state index in [1.165, 1.54) is 11.0 Å². The van der Waals surface area contributed by atoms with Gasteiger partial charge in [0.05, 0.1) is 12.1 Å². The van der Waals surface area contributed by atoms with Crippen molar-refractivity contribution >= 4 is 11.8 Å². The molecule has 0 saturated carbocycles. The first-order valence-electron chi connectivity index (χ1n) is 7.60. The second-order valence-electron chi connectivity index (χ2n) is 5.47. The summed E-state index contributed by atoms with van der Waals surface area (Å²) in [6, 6.07) is 14.3. The number of carbonyl (C=O) groups excluding carboxylic acids is 2. The summed E-state index contributed by atoms with van der Waals surface area (Å²) < 4.78 is 1.48. The molecule has 0 atom stereocenters. The number of hydrogen-bond donors (Lipinski definition) is 2. The molecule has 0 aliphatic carbocycles. The number of rotatable bonds is 4. The molecule has 0 saturated heterocycles. The number of aromatic nitrogens is 4. The minimum Gasteiger partial charge on any atom is -0.273 e. The average molecular weight is 336 g/mol. The number of hydrogen-bond acceptors (Lipinski definition) is 5. The third-order valence-electron chi connectivity index (χ3n) is 3.54. The van der Waals surface area contributed by atoms with Crippen LogP contribution in [0.15, 0.2) is 54.9 Å². The molecule has 3 rings (SSSR count). The Morgan fingerprint density at radius 3 is 2.36 bits per heavy atom. The van der Waals surface area contributed by atoms with E-state index in [0.717, 1.165) is 16.8 Å². The molecule has 0 fully saturated rings. The molecule has 8 nitrogen and oxygen atoms in total. The smallest absolute Gasteiger partial charge is 0.269 e. The van der Waals surface area contributed by atoms with E-state index < -0.39 is 5.91 Å². The van der Waals surface area contributed by atoms with E-state index in [-0.39, 0.29) is 12.3 Å². The molecule has 0 aliphatic rings. The highest BCUT2D eigenvalue weighted by Crippen LogP contribution is 2.07. The lowest BCUT2D eigenvalue weighted by atomic mass is 10.1.